The molecule has 0 heterocycles. The van der Waals surface area contributed by atoms with Gasteiger partial charge in [-0.2, -0.15) is 0 Å². The molecule has 0 aliphatic carbocycles. The van der Waals surface area contributed by atoms with Gasteiger partial charge in [-0.05, 0) is 41.3 Å². The number of allylic oxidation sites excluding steroid dienone is 1. The molecule has 0 atom stereocenters. The molecule has 0 aliphatic rings. The topological polar surface area (TPSA) is 17.1 Å². The molecule has 0 unspecified atom stereocenters. The lowest BCUT2D eigenvalue weighted by molar-refractivity contribution is 0.108. The van der Waals surface area contributed by atoms with E-state index in [9.17, 15) is 4.79 Å². The Morgan fingerprint density at radius 2 is 1.67 bits per heavy atom. The smallest absolute Gasteiger partial charge is 0.252 e. The van der Waals surface area contributed by atoms with Crippen LogP contribution in [0.25, 0.3) is 6.08 Å². The Labute approximate surface area is 112 Å². The number of hydrogen-bond acceptors (Lipinski definition) is 1. The van der Waals surface area contributed by atoms with Crippen LogP contribution < -0.4 is 0 Å². The highest BCUT2D eigenvalue weighted by molar-refractivity contribution is 6.67. The summed E-state index contributed by atoms with van der Waals surface area (Å²) in [5.41, 5.74) is 2.88. The average Bonchev–Trinajstić information content (AvgIpc) is 2.40. The lowest BCUT2D eigenvalue weighted by atomic mass is 10.1. The number of rotatable bonds is 4. The first-order valence-corrected chi connectivity index (χ1v) is 6.14. The van der Waals surface area contributed by atoms with Gasteiger partial charge >= 0.3 is 0 Å². The van der Waals surface area contributed by atoms with Crippen molar-refractivity contribution in [2.45, 2.75) is 6.42 Å². The third-order valence-corrected chi connectivity index (χ3v) is 2.86. The van der Waals surface area contributed by atoms with Gasteiger partial charge in [0.05, 0.1) is 0 Å². The predicted molar refractivity (Wildman–Crippen MR) is 75.8 cm³/mol. The number of carbonyl (C=O) groups is 1. The molecule has 2 heteroatoms. The van der Waals surface area contributed by atoms with Crippen molar-refractivity contribution >= 4 is 22.9 Å². The molecule has 0 saturated heterocycles. The summed E-state index contributed by atoms with van der Waals surface area (Å²) >= 11 is 5.39. The number of halogens is 1. The minimum Gasteiger partial charge on any atom is -0.276 e. The number of hydrogen-bond donors (Lipinski definition) is 0. The van der Waals surface area contributed by atoms with Gasteiger partial charge in [0.1, 0.15) is 0 Å². The highest BCUT2D eigenvalue weighted by Crippen LogP contribution is 2.09. The van der Waals surface area contributed by atoms with Crippen LogP contribution in [0, 0.1) is 0 Å². The fourth-order valence-corrected chi connectivity index (χ4v) is 1.79. The van der Waals surface area contributed by atoms with Gasteiger partial charge in [0.15, 0.2) is 0 Å². The summed E-state index contributed by atoms with van der Waals surface area (Å²) < 4.78 is 0. The summed E-state index contributed by atoms with van der Waals surface area (Å²) in [6.45, 7) is 0. The lowest BCUT2D eigenvalue weighted by Gasteiger charge is -1.98. The lowest BCUT2D eigenvalue weighted by Crippen LogP contribution is -1.89. The Kier molecular flexibility index (Phi) is 4.32. The van der Waals surface area contributed by atoms with Gasteiger partial charge < -0.3 is 0 Å². The molecular weight excluding hydrogens is 244 g/mol. The molecule has 0 spiro atoms. The zero-order valence-electron chi connectivity index (χ0n) is 9.84. The minimum absolute atomic E-state index is 0.415. The molecule has 0 N–H and O–H groups in total. The number of benzene rings is 2. The molecule has 0 amide bonds. The normalized spacial score (nSPS) is 10.7. The van der Waals surface area contributed by atoms with Gasteiger partial charge in [-0.15, -0.1) is 0 Å². The summed E-state index contributed by atoms with van der Waals surface area (Å²) in [5.74, 6) is 0. The summed E-state index contributed by atoms with van der Waals surface area (Å²) in [6.07, 6.45) is 5.03. The van der Waals surface area contributed by atoms with Crippen molar-refractivity contribution in [2.75, 3.05) is 0 Å². The molecule has 2 rings (SSSR count). The Morgan fingerprint density at radius 1 is 1.00 bits per heavy atom. The van der Waals surface area contributed by atoms with Crippen molar-refractivity contribution in [3.63, 3.8) is 0 Å². The molecule has 18 heavy (non-hydrogen) atoms. The fraction of sp³-hybridized carbons (Fsp3) is 0.0625. The zero-order valence-corrected chi connectivity index (χ0v) is 10.6. The molecule has 0 aliphatic heterocycles. The van der Waals surface area contributed by atoms with Crippen LogP contribution in [0.4, 0.5) is 0 Å². The van der Waals surface area contributed by atoms with E-state index in [2.05, 4.69) is 24.3 Å². The number of carbonyl (C=O) groups excluding carboxylic acids is 1. The predicted octanol–water partition coefficient (Wildman–Crippen LogP) is 4.32. The first kappa shape index (κ1) is 12.6. The maximum absolute atomic E-state index is 10.9. The monoisotopic (exact) mass is 256 g/mol. The molecular formula is C16H13ClO. The van der Waals surface area contributed by atoms with Gasteiger partial charge in [-0.3, -0.25) is 4.79 Å². The first-order chi connectivity index (χ1) is 8.75. The van der Waals surface area contributed by atoms with E-state index in [-0.39, 0.29) is 0 Å². The van der Waals surface area contributed by atoms with Crippen molar-refractivity contribution < 1.29 is 4.79 Å². The summed E-state index contributed by atoms with van der Waals surface area (Å²) in [7, 11) is 0. The Bertz CT molecular complexity index is 541. The Hall–Kier alpha value is -1.86. The van der Waals surface area contributed by atoms with Gasteiger partial charge in [0.2, 0.25) is 0 Å². The molecule has 0 saturated carbocycles. The quantitative estimate of drug-likeness (QED) is 0.745. The van der Waals surface area contributed by atoms with Crippen LogP contribution in [0.15, 0.2) is 60.7 Å². The van der Waals surface area contributed by atoms with E-state index >= 15 is 0 Å². The molecule has 2 aromatic carbocycles. The van der Waals surface area contributed by atoms with E-state index in [1.54, 1.807) is 12.1 Å². The molecule has 1 nitrogen and oxygen atoms in total. The zero-order chi connectivity index (χ0) is 12.8. The van der Waals surface area contributed by atoms with Crippen molar-refractivity contribution in [3.05, 3.63) is 77.4 Å². The van der Waals surface area contributed by atoms with Crippen molar-refractivity contribution in [1.82, 2.24) is 0 Å². The first-order valence-electron chi connectivity index (χ1n) is 5.76. The largest absolute Gasteiger partial charge is 0.276 e. The van der Waals surface area contributed by atoms with E-state index in [1.165, 1.54) is 5.56 Å². The van der Waals surface area contributed by atoms with Crippen LogP contribution in [-0.4, -0.2) is 5.24 Å². The molecule has 0 fully saturated rings. The fourth-order valence-electron chi connectivity index (χ4n) is 1.67. The SMILES string of the molecule is O=C(Cl)c1ccc(C/C=C/c2ccccc2)cc1. The molecule has 0 aromatic heterocycles. The third-order valence-electron chi connectivity index (χ3n) is 2.64. The van der Waals surface area contributed by atoms with Crippen LogP contribution in [0.3, 0.4) is 0 Å². The van der Waals surface area contributed by atoms with Crippen LogP contribution in [0.1, 0.15) is 21.5 Å². The van der Waals surface area contributed by atoms with Gasteiger partial charge in [0, 0.05) is 5.56 Å². The standard InChI is InChI=1S/C16H13ClO/c17-16(18)15-11-9-14(10-12-15)8-4-7-13-5-2-1-3-6-13/h1-7,9-12H,8H2/b7-4+. The van der Waals surface area contributed by atoms with Gasteiger partial charge in [-0.1, -0.05) is 54.6 Å². The maximum Gasteiger partial charge on any atom is 0.252 e. The maximum atomic E-state index is 10.9. The third kappa shape index (κ3) is 3.57. The second kappa shape index (κ2) is 6.18. The summed E-state index contributed by atoms with van der Waals surface area (Å²) in [5, 5.41) is -0.415. The van der Waals surface area contributed by atoms with Crippen LogP contribution in [0.5, 0.6) is 0 Å². The molecule has 2 aromatic rings. The van der Waals surface area contributed by atoms with Crippen LogP contribution in [0.2, 0.25) is 0 Å². The van der Waals surface area contributed by atoms with Crippen molar-refractivity contribution in [1.29, 1.82) is 0 Å². The summed E-state index contributed by atoms with van der Waals surface area (Å²) in [6, 6.07) is 17.5. The van der Waals surface area contributed by atoms with Gasteiger partial charge in [0.25, 0.3) is 5.24 Å². The van der Waals surface area contributed by atoms with E-state index in [0.29, 0.717) is 5.56 Å². The average molecular weight is 257 g/mol. The van der Waals surface area contributed by atoms with E-state index < -0.39 is 5.24 Å². The second-order valence-electron chi connectivity index (χ2n) is 3.99. The van der Waals surface area contributed by atoms with E-state index in [4.69, 9.17) is 11.6 Å². The van der Waals surface area contributed by atoms with E-state index in [1.807, 2.05) is 30.3 Å². The van der Waals surface area contributed by atoms with Gasteiger partial charge in [-0.25, -0.2) is 0 Å². The summed E-state index contributed by atoms with van der Waals surface area (Å²) in [4.78, 5) is 10.9. The highest BCUT2D eigenvalue weighted by atomic mass is 35.5. The highest BCUT2D eigenvalue weighted by Gasteiger charge is 1.99. The van der Waals surface area contributed by atoms with Crippen LogP contribution >= 0.6 is 11.6 Å². The molecule has 0 bridgehead atoms. The van der Waals surface area contributed by atoms with Crippen LogP contribution in [-0.2, 0) is 6.42 Å². The van der Waals surface area contributed by atoms with Crippen molar-refractivity contribution in [3.8, 4) is 0 Å². The second-order valence-corrected chi connectivity index (χ2v) is 4.33. The Balaban J connectivity index is 1.98. The Morgan fingerprint density at radius 3 is 2.28 bits per heavy atom. The van der Waals surface area contributed by atoms with Crippen molar-refractivity contribution in [2.24, 2.45) is 0 Å². The molecule has 90 valence electrons. The minimum atomic E-state index is -0.415. The molecule has 0 radical (unpaired) electrons. The van der Waals surface area contributed by atoms with E-state index in [0.717, 1.165) is 12.0 Å².